The molecule has 2 heterocycles. The Morgan fingerprint density at radius 2 is 1.79 bits per heavy atom. The molecule has 2 aliphatic heterocycles. The first-order valence-electron chi connectivity index (χ1n) is 8.73. The summed E-state index contributed by atoms with van der Waals surface area (Å²) in [5, 5.41) is 3.31. The van der Waals surface area contributed by atoms with E-state index in [1.54, 1.807) is 6.07 Å². The maximum absolute atomic E-state index is 13.5. The summed E-state index contributed by atoms with van der Waals surface area (Å²) in [5.41, 5.74) is -0.274. The van der Waals surface area contributed by atoms with E-state index in [4.69, 9.17) is 11.6 Å². The second-order valence-corrected chi connectivity index (χ2v) is 9.19. The molecule has 2 aromatic rings. The number of halogens is 2. The van der Waals surface area contributed by atoms with Crippen molar-refractivity contribution in [2.24, 2.45) is 4.99 Å². The van der Waals surface area contributed by atoms with Gasteiger partial charge in [-0.3, -0.25) is 9.79 Å². The van der Waals surface area contributed by atoms with Crippen LogP contribution >= 0.6 is 11.6 Å². The van der Waals surface area contributed by atoms with Crippen molar-refractivity contribution in [2.75, 3.05) is 13.1 Å². The lowest BCUT2D eigenvalue weighted by molar-refractivity contribution is -0.115. The maximum Gasteiger partial charge on any atom is 0.272 e. The number of hydrogen-bond acceptors (Lipinski definition) is 4. The van der Waals surface area contributed by atoms with Crippen molar-refractivity contribution in [2.45, 2.75) is 23.4 Å². The number of nitrogens with zero attached hydrogens (tertiary/aromatic N) is 2. The van der Waals surface area contributed by atoms with Crippen molar-refractivity contribution in [3.05, 3.63) is 64.9 Å². The van der Waals surface area contributed by atoms with Gasteiger partial charge < -0.3 is 5.32 Å². The Morgan fingerprint density at radius 1 is 1.11 bits per heavy atom. The van der Waals surface area contributed by atoms with Gasteiger partial charge in [0.05, 0.1) is 4.90 Å². The topological polar surface area (TPSA) is 78.8 Å². The van der Waals surface area contributed by atoms with Gasteiger partial charge in [0.25, 0.3) is 5.91 Å². The normalized spacial score (nSPS) is 19.5. The maximum atomic E-state index is 13.5. The highest BCUT2D eigenvalue weighted by Crippen LogP contribution is 2.31. The monoisotopic (exact) mass is 421 g/mol. The van der Waals surface area contributed by atoms with Gasteiger partial charge in [0.1, 0.15) is 17.2 Å². The third-order valence-corrected chi connectivity index (χ3v) is 7.15. The molecular weight excluding hydrogens is 405 g/mol. The number of nitrogens with one attached hydrogen (secondary N) is 1. The van der Waals surface area contributed by atoms with Gasteiger partial charge in [0.2, 0.25) is 10.0 Å². The van der Waals surface area contributed by atoms with Gasteiger partial charge in [0, 0.05) is 36.5 Å². The standard InChI is InChI=1S/C19H17ClFN3O3S/c20-14-4-6-16(7-5-14)28(26,27)24-10-8-19(9-11-24)22-17(18(25)23-19)13-2-1-3-15(21)12-13/h1-7,12H,8-11H2,(H,23,25). The van der Waals surface area contributed by atoms with E-state index in [9.17, 15) is 17.6 Å². The number of hydrogen-bond donors (Lipinski definition) is 1. The minimum Gasteiger partial charge on any atom is -0.326 e. The summed E-state index contributed by atoms with van der Waals surface area (Å²) in [7, 11) is -3.65. The fourth-order valence-corrected chi connectivity index (χ4v) is 5.05. The van der Waals surface area contributed by atoms with Crippen molar-refractivity contribution < 1.29 is 17.6 Å². The summed E-state index contributed by atoms with van der Waals surface area (Å²) in [6.07, 6.45) is 0.675. The lowest BCUT2D eigenvalue weighted by Crippen LogP contribution is -2.52. The van der Waals surface area contributed by atoms with Crippen LogP contribution in [0.15, 0.2) is 58.4 Å². The Bertz CT molecular complexity index is 1060. The second-order valence-electron chi connectivity index (χ2n) is 6.81. The molecule has 1 spiro atoms. The molecule has 0 unspecified atom stereocenters. The Balaban J connectivity index is 1.54. The number of aliphatic imine (C=N–C) groups is 1. The van der Waals surface area contributed by atoms with Crippen molar-refractivity contribution in [3.8, 4) is 0 Å². The van der Waals surface area contributed by atoms with Gasteiger partial charge in [0.15, 0.2) is 0 Å². The van der Waals surface area contributed by atoms with E-state index in [1.807, 2.05) is 0 Å². The van der Waals surface area contributed by atoms with Gasteiger partial charge in [-0.05, 0) is 36.4 Å². The molecule has 9 heteroatoms. The third kappa shape index (κ3) is 3.43. The number of sulfonamides is 1. The summed E-state index contributed by atoms with van der Waals surface area (Å²) in [4.78, 5) is 17.1. The SMILES string of the molecule is O=C1NC2(CCN(S(=O)(=O)c3ccc(Cl)cc3)CC2)N=C1c1cccc(F)c1. The second kappa shape index (κ2) is 6.95. The first kappa shape index (κ1) is 19.0. The predicted octanol–water partition coefficient (Wildman–Crippen LogP) is 2.58. The molecule has 0 aromatic heterocycles. The Morgan fingerprint density at radius 3 is 2.43 bits per heavy atom. The smallest absolute Gasteiger partial charge is 0.272 e. The summed E-state index contributed by atoms with van der Waals surface area (Å²) in [6.45, 7) is 0.427. The number of carbonyl (C=O) groups is 1. The molecule has 1 amide bonds. The summed E-state index contributed by atoms with van der Waals surface area (Å²) >= 11 is 5.83. The van der Waals surface area contributed by atoms with E-state index in [0.717, 1.165) is 0 Å². The largest absolute Gasteiger partial charge is 0.326 e. The molecule has 2 aliphatic rings. The molecule has 146 valence electrons. The molecule has 28 heavy (non-hydrogen) atoms. The minimum absolute atomic E-state index is 0.173. The Hall–Kier alpha value is -2.29. The van der Waals surface area contributed by atoms with Gasteiger partial charge >= 0.3 is 0 Å². The van der Waals surface area contributed by atoms with E-state index in [0.29, 0.717) is 23.4 Å². The van der Waals surface area contributed by atoms with Gasteiger partial charge in [-0.25, -0.2) is 12.8 Å². The summed E-state index contributed by atoms with van der Waals surface area (Å²) < 4.78 is 40.5. The molecule has 1 saturated heterocycles. The number of amides is 1. The van der Waals surface area contributed by atoms with Gasteiger partial charge in [-0.1, -0.05) is 23.7 Å². The lowest BCUT2D eigenvalue weighted by Gasteiger charge is -2.36. The fraction of sp³-hybridized carbons (Fsp3) is 0.263. The first-order chi connectivity index (χ1) is 13.3. The van der Waals surface area contributed by atoms with E-state index in [2.05, 4.69) is 10.3 Å². The zero-order valence-corrected chi connectivity index (χ0v) is 16.3. The zero-order chi connectivity index (χ0) is 19.9. The van der Waals surface area contributed by atoms with Gasteiger partial charge in [-0.2, -0.15) is 4.31 Å². The molecule has 0 aliphatic carbocycles. The van der Waals surface area contributed by atoms with Crippen LogP contribution < -0.4 is 5.32 Å². The van der Waals surface area contributed by atoms with Crippen molar-refractivity contribution in [1.29, 1.82) is 0 Å². The van der Waals surface area contributed by atoms with Crippen LogP contribution in [0, 0.1) is 5.82 Å². The number of carbonyl (C=O) groups excluding carboxylic acids is 1. The molecule has 0 saturated carbocycles. The lowest BCUT2D eigenvalue weighted by atomic mass is 10.00. The van der Waals surface area contributed by atoms with Crippen LogP contribution in [0.3, 0.4) is 0 Å². The van der Waals surface area contributed by atoms with E-state index >= 15 is 0 Å². The zero-order valence-electron chi connectivity index (χ0n) is 14.7. The van der Waals surface area contributed by atoms with Gasteiger partial charge in [-0.15, -0.1) is 0 Å². The van der Waals surface area contributed by atoms with Crippen molar-refractivity contribution >= 4 is 33.2 Å². The van der Waals surface area contributed by atoms with E-state index in [-0.39, 0.29) is 29.6 Å². The van der Waals surface area contributed by atoms with E-state index < -0.39 is 21.5 Å². The molecular formula is C19H17ClFN3O3S. The van der Waals surface area contributed by atoms with Crippen molar-refractivity contribution in [1.82, 2.24) is 9.62 Å². The number of piperidine rings is 1. The van der Waals surface area contributed by atoms with Crippen LogP contribution in [0.1, 0.15) is 18.4 Å². The first-order valence-corrected chi connectivity index (χ1v) is 10.5. The molecule has 1 fully saturated rings. The van der Waals surface area contributed by atoms with Crippen LogP contribution in [0.2, 0.25) is 5.02 Å². The average Bonchev–Trinajstić information content (AvgIpc) is 2.98. The van der Waals surface area contributed by atoms with Crippen LogP contribution in [0.4, 0.5) is 4.39 Å². The fourth-order valence-electron chi connectivity index (χ4n) is 3.48. The van der Waals surface area contributed by atoms with Crippen LogP contribution in [0.25, 0.3) is 0 Å². The van der Waals surface area contributed by atoms with Crippen LogP contribution in [0.5, 0.6) is 0 Å². The summed E-state index contributed by atoms with van der Waals surface area (Å²) in [5.74, 6) is -0.822. The van der Waals surface area contributed by atoms with Crippen molar-refractivity contribution in [3.63, 3.8) is 0 Å². The molecule has 4 rings (SSSR count). The minimum atomic E-state index is -3.65. The third-order valence-electron chi connectivity index (χ3n) is 4.99. The highest BCUT2D eigenvalue weighted by Gasteiger charge is 2.44. The van der Waals surface area contributed by atoms with Crippen LogP contribution in [-0.4, -0.2) is 43.1 Å². The number of benzene rings is 2. The highest BCUT2D eigenvalue weighted by atomic mass is 35.5. The highest BCUT2D eigenvalue weighted by molar-refractivity contribution is 7.89. The molecule has 2 aromatic carbocycles. The Kier molecular flexibility index (Phi) is 4.73. The average molecular weight is 422 g/mol. The molecule has 0 radical (unpaired) electrons. The summed E-state index contributed by atoms with van der Waals surface area (Å²) in [6, 6.07) is 11.7. The molecule has 6 nitrogen and oxygen atoms in total. The molecule has 0 bridgehead atoms. The quantitative estimate of drug-likeness (QED) is 0.827. The number of rotatable bonds is 3. The molecule has 0 atom stereocenters. The molecule has 1 N–H and O–H groups in total. The predicted molar refractivity (Wildman–Crippen MR) is 103 cm³/mol. The Labute approximate surface area is 167 Å². The van der Waals surface area contributed by atoms with Crippen LogP contribution in [-0.2, 0) is 14.8 Å². The van der Waals surface area contributed by atoms with E-state index in [1.165, 1.54) is 46.8 Å².